The van der Waals surface area contributed by atoms with Crippen molar-refractivity contribution in [3.05, 3.63) is 33.3 Å². The number of nitriles is 1. The van der Waals surface area contributed by atoms with E-state index in [0.29, 0.717) is 10.6 Å². The van der Waals surface area contributed by atoms with E-state index in [1.165, 1.54) is 13.2 Å². The minimum atomic E-state index is -0.428. The number of methoxy groups -OCH3 is 1. The molecule has 0 bridgehead atoms. The highest BCUT2D eigenvalue weighted by Crippen LogP contribution is 2.25. The lowest BCUT2D eigenvalue weighted by atomic mass is 10.1. The van der Waals surface area contributed by atoms with Gasteiger partial charge in [0.05, 0.1) is 24.1 Å². The predicted octanol–water partition coefficient (Wildman–Crippen LogP) is 2.58. The Balaban J connectivity index is 3.13. The lowest BCUT2D eigenvalue weighted by molar-refractivity contribution is -0.139. The van der Waals surface area contributed by atoms with E-state index in [1.807, 2.05) is 6.07 Å². The summed E-state index contributed by atoms with van der Waals surface area (Å²) >= 11 is 11.7. The molecule has 0 aliphatic carbocycles. The average Bonchev–Trinajstić information content (AvgIpc) is 2.22. The first-order chi connectivity index (χ1) is 7.08. The van der Waals surface area contributed by atoms with Gasteiger partial charge in [0, 0.05) is 5.02 Å². The van der Waals surface area contributed by atoms with Crippen LogP contribution < -0.4 is 0 Å². The zero-order valence-electron chi connectivity index (χ0n) is 7.88. The van der Waals surface area contributed by atoms with Gasteiger partial charge in [0.2, 0.25) is 0 Å². The minimum Gasteiger partial charge on any atom is -0.469 e. The second-order valence-electron chi connectivity index (χ2n) is 2.79. The Morgan fingerprint density at radius 2 is 2.20 bits per heavy atom. The van der Waals surface area contributed by atoms with E-state index in [2.05, 4.69) is 4.74 Å². The van der Waals surface area contributed by atoms with Crippen molar-refractivity contribution in [2.45, 2.75) is 6.42 Å². The number of hydrogen-bond acceptors (Lipinski definition) is 3. The highest BCUT2D eigenvalue weighted by molar-refractivity contribution is 6.34. The van der Waals surface area contributed by atoms with E-state index >= 15 is 0 Å². The molecule has 1 rings (SSSR count). The molecular weight excluding hydrogens is 237 g/mol. The summed E-state index contributed by atoms with van der Waals surface area (Å²) in [5.41, 5.74) is 0.746. The largest absolute Gasteiger partial charge is 0.469 e. The smallest absolute Gasteiger partial charge is 0.310 e. The summed E-state index contributed by atoms with van der Waals surface area (Å²) in [6.07, 6.45) is 0.00454. The number of esters is 1. The van der Waals surface area contributed by atoms with Crippen LogP contribution in [0.1, 0.15) is 11.1 Å². The maximum absolute atomic E-state index is 11.0. The Labute approximate surface area is 97.2 Å². The Morgan fingerprint density at radius 1 is 1.53 bits per heavy atom. The van der Waals surface area contributed by atoms with Gasteiger partial charge in [0.15, 0.2) is 0 Å². The van der Waals surface area contributed by atoms with Crippen LogP contribution in [0.4, 0.5) is 0 Å². The maximum Gasteiger partial charge on any atom is 0.310 e. The molecule has 0 radical (unpaired) electrons. The van der Waals surface area contributed by atoms with Crippen molar-refractivity contribution in [2.24, 2.45) is 0 Å². The SMILES string of the molecule is COC(=O)Cc1cc(Cl)cc(C#N)c1Cl. The first kappa shape index (κ1) is 11.8. The lowest BCUT2D eigenvalue weighted by Gasteiger charge is -2.05. The summed E-state index contributed by atoms with van der Waals surface area (Å²) in [5, 5.41) is 9.36. The molecule has 0 aliphatic rings. The molecule has 0 N–H and O–H groups in total. The number of hydrogen-bond donors (Lipinski definition) is 0. The van der Waals surface area contributed by atoms with Gasteiger partial charge in [0.1, 0.15) is 6.07 Å². The van der Waals surface area contributed by atoms with E-state index in [-0.39, 0.29) is 17.0 Å². The lowest BCUT2D eigenvalue weighted by Crippen LogP contribution is -2.05. The second-order valence-corrected chi connectivity index (χ2v) is 3.61. The van der Waals surface area contributed by atoms with Gasteiger partial charge in [-0.1, -0.05) is 23.2 Å². The van der Waals surface area contributed by atoms with E-state index < -0.39 is 5.97 Å². The number of carbonyl (C=O) groups excluding carboxylic acids is 1. The van der Waals surface area contributed by atoms with Crippen LogP contribution in [0.5, 0.6) is 0 Å². The highest BCUT2D eigenvalue weighted by atomic mass is 35.5. The van der Waals surface area contributed by atoms with Crippen molar-refractivity contribution in [1.29, 1.82) is 5.26 Å². The van der Waals surface area contributed by atoms with Crippen LogP contribution in [-0.4, -0.2) is 13.1 Å². The molecule has 5 heteroatoms. The second kappa shape index (κ2) is 5.01. The molecule has 0 unspecified atom stereocenters. The molecule has 0 aliphatic heterocycles. The Bertz CT molecular complexity index is 438. The summed E-state index contributed by atoms with van der Waals surface area (Å²) < 4.78 is 4.50. The third kappa shape index (κ3) is 2.85. The zero-order chi connectivity index (χ0) is 11.4. The van der Waals surface area contributed by atoms with Gasteiger partial charge >= 0.3 is 5.97 Å². The Morgan fingerprint density at radius 3 is 2.73 bits per heavy atom. The monoisotopic (exact) mass is 243 g/mol. The quantitative estimate of drug-likeness (QED) is 0.751. The molecule has 0 spiro atoms. The Hall–Kier alpha value is -1.24. The molecule has 15 heavy (non-hydrogen) atoms. The van der Waals surface area contributed by atoms with Crippen molar-refractivity contribution in [2.75, 3.05) is 7.11 Å². The van der Waals surface area contributed by atoms with Crippen molar-refractivity contribution in [3.8, 4) is 6.07 Å². The van der Waals surface area contributed by atoms with E-state index in [1.54, 1.807) is 6.07 Å². The Kier molecular flexibility index (Phi) is 3.96. The number of halogens is 2. The van der Waals surface area contributed by atoms with Crippen LogP contribution in [0.3, 0.4) is 0 Å². The fourth-order valence-corrected chi connectivity index (χ4v) is 1.54. The number of ether oxygens (including phenoxy) is 1. The van der Waals surface area contributed by atoms with E-state index in [0.717, 1.165) is 0 Å². The van der Waals surface area contributed by atoms with Crippen molar-refractivity contribution < 1.29 is 9.53 Å². The first-order valence-electron chi connectivity index (χ1n) is 4.03. The summed E-state index contributed by atoms with van der Waals surface area (Å²) in [5.74, 6) is -0.428. The first-order valence-corrected chi connectivity index (χ1v) is 4.79. The topological polar surface area (TPSA) is 50.1 Å². The molecule has 1 aromatic carbocycles. The number of benzene rings is 1. The molecule has 78 valence electrons. The summed E-state index contributed by atoms with van der Waals surface area (Å²) in [6.45, 7) is 0. The molecule has 0 aromatic heterocycles. The van der Waals surface area contributed by atoms with Gasteiger partial charge in [-0.05, 0) is 17.7 Å². The molecule has 0 saturated heterocycles. The predicted molar refractivity (Wildman–Crippen MR) is 56.9 cm³/mol. The molecule has 0 atom stereocenters. The number of nitrogens with zero attached hydrogens (tertiary/aromatic N) is 1. The van der Waals surface area contributed by atoms with Crippen LogP contribution in [0.15, 0.2) is 12.1 Å². The summed E-state index contributed by atoms with van der Waals surface area (Å²) in [4.78, 5) is 11.0. The van der Waals surface area contributed by atoms with Crippen molar-refractivity contribution in [1.82, 2.24) is 0 Å². The fourth-order valence-electron chi connectivity index (χ4n) is 1.08. The standard InChI is InChI=1S/C10H7Cl2NO2/c1-15-9(14)4-6-2-8(11)3-7(5-13)10(6)12/h2-3H,4H2,1H3. The van der Waals surface area contributed by atoms with Crippen molar-refractivity contribution >= 4 is 29.2 Å². The molecule has 3 nitrogen and oxygen atoms in total. The summed E-state index contributed by atoms with van der Waals surface area (Å²) in [7, 11) is 1.28. The molecule has 0 saturated carbocycles. The molecular formula is C10H7Cl2NO2. The molecule has 0 amide bonds. The molecule has 0 fully saturated rings. The molecule has 1 aromatic rings. The van der Waals surface area contributed by atoms with Crippen LogP contribution in [-0.2, 0) is 16.0 Å². The van der Waals surface area contributed by atoms with Crippen LogP contribution in [0, 0.1) is 11.3 Å². The van der Waals surface area contributed by atoms with Gasteiger partial charge in [-0.2, -0.15) is 5.26 Å². The third-order valence-electron chi connectivity index (χ3n) is 1.80. The number of rotatable bonds is 2. The van der Waals surface area contributed by atoms with Gasteiger partial charge in [-0.15, -0.1) is 0 Å². The van der Waals surface area contributed by atoms with Crippen LogP contribution >= 0.6 is 23.2 Å². The fraction of sp³-hybridized carbons (Fsp3) is 0.200. The average molecular weight is 244 g/mol. The zero-order valence-corrected chi connectivity index (χ0v) is 9.39. The minimum absolute atomic E-state index is 0.00454. The van der Waals surface area contributed by atoms with Crippen LogP contribution in [0.2, 0.25) is 10.0 Å². The normalized spacial score (nSPS) is 9.47. The van der Waals surface area contributed by atoms with Crippen molar-refractivity contribution in [3.63, 3.8) is 0 Å². The van der Waals surface area contributed by atoms with E-state index in [4.69, 9.17) is 28.5 Å². The maximum atomic E-state index is 11.0. The highest BCUT2D eigenvalue weighted by Gasteiger charge is 2.11. The summed E-state index contributed by atoms with van der Waals surface area (Å²) in [6, 6.07) is 4.89. The van der Waals surface area contributed by atoms with Crippen LogP contribution in [0.25, 0.3) is 0 Å². The van der Waals surface area contributed by atoms with E-state index in [9.17, 15) is 4.79 Å². The van der Waals surface area contributed by atoms with Gasteiger partial charge < -0.3 is 4.74 Å². The number of carbonyl (C=O) groups is 1. The third-order valence-corrected chi connectivity index (χ3v) is 2.46. The van der Waals surface area contributed by atoms with Gasteiger partial charge in [0.25, 0.3) is 0 Å². The van der Waals surface area contributed by atoms with Gasteiger partial charge in [-0.25, -0.2) is 0 Å². The van der Waals surface area contributed by atoms with Gasteiger partial charge in [-0.3, -0.25) is 4.79 Å². The molecule has 0 heterocycles.